The van der Waals surface area contributed by atoms with Crippen LogP contribution in [0.3, 0.4) is 0 Å². The Hall–Kier alpha value is -1.88. The number of aliphatic hydroxyl groups is 1. The van der Waals surface area contributed by atoms with Crippen molar-refractivity contribution in [2.45, 2.75) is 12.5 Å². The highest BCUT2D eigenvalue weighted by Gasteiger charge is 2.21. The van der Waals surface area contributed by atoms with Crippen molar-refractivity contribution in [2.24, 2.45) is 0 Å². The summed E-state index contributed by atoms with van der Waals surface area (Å²) in [6.45, 7) is 1.46. The predicted molar refractivity (Wildman–Crippen MR) is 66.8 cm³/mol. The zero-order valence-corrected chi connectivity index (χ0v) is 9.37. The second kappa shape index (κ2) is 3.85. The fourth-order valence-electron chi connectivity index (χ4n) is 2.12. The summed E-state index contributed by atoms with van der Waals surface area (Å²) in [4.78, 5) is 10.9. The molecule has 0 bridgehead atoms. The number of hydrogen-bond acceptors (Lipinski definition) is 5. The van der Waals surface area contributed by atoms with Crippen LogP contribution < -0.4 is 10.6 Å². The molecule has 3 rings (SSSR count). The van der Waals surface area contributed by atoms with Crippen LogP contribution >= 0.6 is 0 Å². The van der Waals surface area contributed by atoms with E-state index in [1.54, 1.807) is 6.20 Å². The highest BCUT2D eigenvalue weighted by molar-refractivity contribution is 5.79. The Morgan fingerprint density at radius 3 is 3.00 bits per heavy atom. The monoisotopic (exact) mass is 230 g/mol. The van der Waals surface area contributed by atoms with Gasteiger partial charge in [-0.05, 0) is 24.6 Å². The van der Waals surface area contributed by atoms with Crippen molar-refractivity contribution in [3.8, 4) is 0 Å². The molecule has 5 nitrogen and oxygen atoms in total. The van der Waals surface area contributed by atoms with E-state index in [-0.39, 0.29) is 6.10 Å². The number of anilines is 2. The molecule has 17 heavy (non-hydrogen) atoms. The number of nitrogen functional groups attached to an aromatic ring is 1. The number of benzene rings is 1. The summed E-state index contributed by atoms with van der Waals surface area (Å²) in [5.74, 6) is 0.818. The van der Waals surface area contributed by atoms with Gasteiger partial charge < -0.3 is 15.7 Å². The first-order chi connectivity index (χ1) is 8.22. The number of aliphatic hydroxyl groups excluding tert-OH is 1. The lowest BCUT2D eigenvalue weighted by atomic mass is 10.2. The summed E-state index contributed by atoms with van der Waals surface area (Å²) in [7, 11) is 0. The number of nitrogens with zero attached hydrogens (tertiary/aromatic N) is 3. The summed E-state index contributed by atoms with van der Waals surface area (Å²) in [6, 6.07) is 5.50. The lowest BCUT2D eigenvalue weighted by molar-refractivity contribution is 0.198. The SMILES string of the molecule is Nc1ccc2nc(N3CCC(O)C3)cnc2c1. The van der Waals surface area contributed by atoms with Crippen molar-refractivity contribution >= 4 is 22.5 Å². The van der Waals surface area contributed by atoms with Gasteiger partial charge in [0.05, 0.1) is 23.3 Å². The Morgan fingerprint density at radius 2 is 2.24 bits per heavy atom. The van der Waals surface area contributed by atoms with Crippen LogP contribution in [0, 0.1) is 0 Å². The topological polar surface area (TPSA) is 75.3 Å². The molecule has 0 spiro atoms. The Labute approximate surface area is 98.9 Å². The van der Waals surface area contributed by atoms with Crippen molar-refractivity contribution in [2.75, 3.05) is 23.7 Å². The fourth-order valence-corrected chi connectivity index (χ4v) is 2.12. The Kier molecular flexibility index (Phi) is 2.33. The molecule has 2 aromatic rings. The van der Waals surface area contributed by atoms with Gasteiger partial charge in [-0.15, -0.1) is 0 Å². The number of β-amino-alcohol motifs (C(OH)–C–C–N with tert-alkyl or cyclic N) is 1. The minimum atomic E-state index is -0.251. The second-order valence-corrected chi connectivity index (χ2v) is 4.36. The summed E-state index contributed by atoms with van der Waals surface area (Å²) in [6.07, 6.45) is 2.28. The molecule has 1 aromatic heterocycles. The molecular formula is C12H14N4O. The first kappa shape index (κ1) is 10.3. The maximum atomic E-state index is 9.50. The van der Waals surface area contributed by atoms with Crippen LogP contribution in [-0.2, 0) is 0 Å². The molecule has 1 atom stereocenters. The van der Waals surface area contributed by atoms with Crippen LogP contribution in [0.15, 0.2) is 24.4 Å². The van der Waals surface area contributed by atoms with E-state index in [9.17, 15) is 5.11 Å². The first-order valence-corrected chi connectivity index (χ1v) is 5.68. The van der Waals surface area contributed by atoms with Gasteiger partial charge in [-0.2, -0.15) is 0 Å². The molecule has 1 unspecified atom stereocenters. The van der Waals surface area contributed by atoms with Gasteiger partial charge in [0, 0.05) is 18.8 Å². The Bertz CT molecular complexity index is 557. The smallest absolute Gasteiger partial charge is 0.147 e. The molecule has 1 saturated heterocycles. The highest BCUT2D eigenvalue weighted by Crippen LogP contribution is 2.21. The van der Waals surface area contributed by atoms with E-state index < -0.39 is 0 Å². The van der Waals surface area contributed by atoms with Crippen LogP contribution in [0.2, 0.25) is 0 Å². The van der Waals surface area contributed by atoms with E-state index >= 15 is 0 Å². The van der Waals surface area contributed by atoms with E-state index in [0.29, 0.717) is 12.2 Å². The first-order valence-electron chi connectivity index (χ1n) is 5.68. The van der Waals surface area contributed by atoms with Gasteiger partial charge in [-0.3, -0.25) is 4.98 Å². The van der Waals surface area contributed by atoms with Gasteiger partial charge in [0.1, 0.15) is 5.82 Å². The van der Waals surface area contributed by atoms with Crippen LogP contribution in [0.4, 0.5) is 11.5 Å². The number of hydrogen-bond donors (Lipinski definition) is 2. The van der Waals surface area contributed by atoms with Crippen molar-refractivity contribution in [1.82, 2.24) is 9.97 Å². The molecule has 2 heterocycles. The predicted octanol–water partition coefficient (Wildman–Crippen LogP) is 0.783. The minimum absolute atomic E-state index is 0.251. The van der Waals surface area contributed by atoms with Crippen molar-refractivity contribution < 1.29 is 5.11 Å². The molecule has 1 aromatic carbocycles. The van der Waals surface area contributed by atoms with Gasteiger partial charge >= 0.3 is 0 Å². The molecule has 1 fully saturated rings. The third-order valence-electron chi connectivity index (χ3n) is 3.04. The van der Waals surface area contributed by atoms with E-state index in [1.807, 2.05) is 23.1 Å². The summed E-state index contributed by atoms with van der Waals surface area (Å²) >= 11 is 0. The van der Waals surface area contributed by atoms with E-state index in [1.165, 1.54) is 0 Å². The lowest BCUT2D eigenvalue weighted by Crippen LogP contribution is -2.22. The molecule has 88 valence electrons. The molecule has 3 N–H and O–H groups in total. The average molecular weight is 230 g/mol. The zero-order valence-electron chi connectivity index (χ0n) is 9.37. The molecule has 0 aliphatic carbocycles. The van der Waals surface area contributed by atoms with Gasteiger partial charge in [-0.1, -0.05) is 0 Å². The fraction of sp³-hybridized carbons (Fsp3) is 0.333. The number of nitrogens with two attached hydrogens (primary N) is 1. The van der Waals surface area contributed by atoms with Gasteiger partial charge in [-0.25, -0.2) is 4.98 Å². The quantitative estimate of drug-likeness (QED) is 0.708. The largest absolute Gasteiger partial charge is 0.399 e. The Morgan fingerprint density at radius 1 is 1.35 bits per heavy atom. The van der Waals surface area contributed by atoms with Gasteiger partial charge in [0.25, 0.3) is 0 Å². The molecule has 1 aliphatic rings. The van der Waals surface area contributed by atoms with Crippen LogP contribution in [0.1, 0.15) is 6.42 Å². The van der Waals surface area contributed by atoms with Crippen molar-refractivity contribution in [3.63, 3.8) is 0 Å². The zero-order chi connectivity index (χ0) is 11.8. The van der Waals surface area contributed by atoms with E-state index in [0.717, 1.165) is 29.8 Å². The normalized spacial score (nSPS) is 20.1. The molecule has 0 radical (unpaired) electrons. The lowest BCUT2D eigenvalue weighted by Gasteiger charge is -2.16. The van der Waals surface area contributed by atoms with Crippen molar-refractivity contribution in [1.29, 1.82) is 0 Å². The van der Waals surface area contributed by atoms with Gasteiger partial charge in [0.2, 0.25) is 0 Å². The highest BCUT2D eigenvalue weighted by atomic mass is 16.3. The molecule has 1 aliphatic heterocycles. The average Bonchev–Trinajstić information content (AvgIpc) is 2.75. The summed E-state index contributed by atoms with van der Waals surface area (Å²) < 4.78 is 0. The number of fused-ring (bicyclic) bond motifs is 1. The number of aromatic nitrogens is 2. The van der Waals surface area contributed by atoms with Crippen LogP contribution in [0.25, 0.3) is 11.0 Å². The molecule has 5 heteroatoms. The third kappa shape index (κ3) is 1.89. The standard InChI is InChI=1S/C12H14N4O/c13-8-1-2-10-11(5-8)14-6-12(15-10)16-4-3-9(17)7-16/h1-2,5-6,9,17H,3-4,7,13H2. The van der Waals surface area contributed by atoms with Crippen LogP contribution in [-0.4, -0.2) is 34.3 Å². The maximum absolute atomic E-state index is 9.50. The summed E-state index contributed by atoms with van der Waals surface area (Å²) in [5, 5.41) is 9.50. The van der Waals surface area contributed by atoms with Gasteiger partial charge in [0.15, 0.2) is 0 Å². The van der Waals surface area contributed by atoms with Crippen LogP contribution in [0.5, 0.6) is 0 Å². The van der Waals surface area contributed by atoms with E-state index in [2.05, 4.69) is 9.97 Å². The number of rotatable bonds is 1. The molecular weight excluding hydrogens is 216 g/mol. The van der Waals surface area contributed by atoms with Crippen molar-refractivity contribution in [3.05, 3.63) is 24.4 Å². The molecule has 0 saturated carbocycles. The minimum Gasteiger partial charge on any atom is -0.399 e. The Balaban J connectivity index is 1.99. The molecule has 0 amide bonds. The third-order valence-corrected chi connectivity index (χ3v) is 3.04. The van der Waals surface area contributed by atoms with E-state index in [4.69, 9.17) is 5.73 Å². The summed E-state index contributed by atoms with van der Waals surface area (Å²) in [5.41, 5.74) is 8.01. The maximum Gasteiger partial charge on any atom is 0.147 e. The second-order valence-electron chi connectivity index (χ2n) is 4.36.